The highest BCUT2D eigenvalue weighted by atomic mass is 16.3. The van der Waals surface area contributed by atoms with Crippen LogP contribution in [0.4, 0.5) is 0 Å². The van der Waals surface area contributed by atoms with Crippen molar-refractivity contribution in [2.24, 2.45) is 0 Å². The molecule has 1 unspecified atom stereocenters. The third kappa shape index (κ3) is 4.58. The van der Waals surface area contributed by atoms with Gasteiger partial charge >= 0.3 is 0 Å². The summed E-state index contributed by atoms with van der Waals surface area (Å²) < 4.78 is 0. The summed E-state index contributed by atoms with van der Waals surface area (Å²) in [6, 6.07) is 7.07. The number of hydrogen-bond acceptors (Lipinski definition) is 3. The van der Waals surface area contributed by atoms with Crippen molar-refractivity contribution in [1.82, 2.24) is 10.2 Å². The zero-order valence-corrected chi connectivity index (χ0v) is 13.8. The number of aryl methyl sites for hydroxylation is 2. The molecule has 3 nitrogen and oxygen atoms in total. The predicted octanol–water partition coefficient (Wildman–Crippen LogP) is 2.66. The van der Waals surface area contributed by atoms with Crippen LogP contribution in [0, 0.1) is 13.8 Å². The van der Waals surface area contributed by atoms with Gasteiger partial charge < -0.3 is 10.4 Å². The van der Waals surface area contributed by atoms with E-state index in [1.165, 1.54) is 16.7 Å². The Hall–Kier alpha value is -0.900. The molecule has 0 aliphatic carbocycles. The Labute approximate surface area is 124 Å². The summed E-state index contributed by atoms with van der Waals surface area (Å²) in [7, 11) is 4.09. The van der Waals surface area contributed by atoms with Crippen molar-refractivity contribution in [2.45, 2.75) is 45.7 Å². The Kier molecular flexibility index (Phi) is 6.18. The topological polar surface area (TPSA) is 35.5 Å². The monoisotopic (exact) mass is 278 g/mol. The third-order valence-electron chi connectivity index (χ3n) is 4.17. The Bertz CT molecular complexity index is 409. The van der Waals surface area contributed by atoms with Crippen molar-refractivity contribution in [3.8, 4) is 0 Å². The summed E-state index contributed by atoms with van der Waals surface area (Å²) >= 11 is 0. The first-order valence-electron chi connectivity index (χ1n) is 7.37. The summed E-state index contributed by atoms with van der Waals surface area (Å²) in [5, 5.41) is 12.8. The van der Waals surface area contributed by atoms with Gasteiger partial charge in [-0.1, -0.05) is 29.3 Å². The van der Waals surface area contributed by atoms with Gasteiger partial charge in [-0.3, -0.25) is 4.90 Å². The van der Waals surface area contributed by atoms with Crippen molar-refractivity contribution in [3.05, 3.63) is 34.9 Å². The quantitative estimate of drug-likeness (QED) is 0.805. The molecule has 0 radical (unpaired) electrons. The van der Waals surface area contributed by atoms with Crippen LogP contribution >= 0.6 is 0 Å². The van der Waals surface area contributed by atoms with Gasteiger partial charge in [0.1, 0.15) is 0 Å². The minimum absolute atomic E-state index is 0.166. The van der Waals surface area contributed by atoms with Crippen molar-refractivity contribution < 1.29 is 5.11 Å². The van der Waals surface area contributed by atoms with Gasteiger partial charge in [0.15, 0.2) is 0 Å². The van der Waals surface area contributed by atoms with Gasteiger partial charge in [-0.15, -0.1) is 0 Å². The highest BCUT2D eigenvalue weighted by molar-refractivity contribution is 5.30. The first kappa shape index (κ1) is 17.2. The standard InChI is InChI=1S/C17H30N2O/c1-13-9-14(2)11-15(10-13)16(18-5)7-8-19(6)17(3,4)12-20/h9-11,16,18,20H,7-8,12H2,1-6H3. The van der Waals surface area contributed by atoms with Crippen LogP contribution in [0.5, 0.6) is 0 Å². The van der Waals surface area contributed by atoms with E-state index in [0.29, 0.717) is 6.04 Å². The summed E-state index contributed by atoms with van der Waals surface area (Å²) in [5.41, 5.74) is 3.80. The van der Waals surface area contributed by atoms with E-state index in [2.05, 4.69) is 63.2 Å². The molecule has 0 saturated heterocycles. The molecule has 114 valence electrons. The molecule has 0 heterocycles. The van der Waals surface area contributed by atoms with E-state index < -0.39 is 0 Å². The van der Waals surface area contributed by atoms with Crippen molar-refractivity contribution in [2.75, 3.05) is 27.2 Å². The fourth-order valence-corrected chi connectivity index (χ4v) is 2.43. The highest BCUT2D eigenvalue weighted by Crippen LogP contribution is 2.21. The number of aliphatic hydroxyl groups is 1. The Balaban J connectivity index is 2.73. The smallest absolute Gasteiger partial charge is 0.0609 e. The molecule has 0 aromatic heterocycles. The largest absolute Gasteiger partial charge is 0.394 e. The average Bonchev–Trinajstić information content (AvgIpc) is 2.38. The van der Waals surface area contributed by atoms with E-state index in [9.17, 15) is 5.11 Å². The summed E-state index contributed by atoms with van der Waals surface area (Å²) in [6.07, 6.45) is 1.03. The van der Waals surface area contributed by atoms with E-state index >= 15 is 0 Å². The van der Waals surface area contributed by atoms with Crippen LogP contribution in [0.2, 0.25) is 0 Å². The molecule has 0 fully saturated rings. The summed E-state index contributed by atoms with van der Waals surface area (Å²) in [5.74, 6) is 0. The van der Waals surface area contributed by atoms with E-state index in [-0.39, 0.29) is 12.1 Å². The van der Waals surface area contributed by atoms with Crippen LogP contribution in [0.15, 0.2) is 18.2 Å². The maximum atomic E-state index is 9.42. The molecular weight excluding hydrogens is 248 g/mol. The third-order valence-corrected chi connectivity index (χ3v) is 4.17. The zero-order valence-electron chi connectivity index (χ0n) is 13.8. The van der Waals surface area contributed by atoms with Crippen LogP contribution in [0.3, 0.4) is 0 Å². The minimum Gasteiger partial charge on any atom is -0.394 e. The van der Waals surface area contributed by atoms with E-state index in [0.717, 1.165) is 13.0 Å². The minimum atomic E-state index is -0.166. The van der Waals surface area contributed by atoms with E-state index in [1.807, 2.05) is 7.05 Å². The lowest BCUT2D eigenvalue weighted by Gasteiger charge is -2.35. The first-order chi connectivity index (χ1) is 9.30. The number of rotatable bonds is 7. The molecule has 0 saturated carbocycles. The molecule has 0 aliphatic rings. The molecule has 0 aliphatic heterocycles. The Morgan fingerprint density at radius 3 is 2.20 bits per heavy atom. The fourth-order valence-electron chi connectivity index (χ4n) is 2.43. The predicted molar refractivity (Wildman–Crippen MR) is 86.1 cm³/mol. The lowest BCUT2D eigenvalue weighted by Crippen LogP contribution is -2.45. The van der Waals surface area contributed by atoms with Gasteiger partial charge in [-0.2, -0.15) is 0 Å². The second-order valence-corrected chi connectivity index (χ2v) is 6.44. The molecule has 1 atom stereocenters. The molecule has 1 rings (SSSR count). The Morgan fingerprint density at radius 2 is 1.75 bits per heavy atom. The van der Waals surface area contributed by atoms with Gasteiger partial charge in [0.2, 0.25) is 0 Å². The van der Waals surface area contributed by atoms with Crippen LogP contribution in [0.1, 0.15) is 43.0 Å². The van der Waals surface area contributed by atoms with Crippen LogP contribution in [-0.2, 0) is 0 Å². The molecule has 20 heavy (non-hydrogen) atoms. The van der Waals surface area contributed by atoms with Gasteiger partial charge in [-0.25, -0.2) is 0 Å². The molecule has 0 spiro atoms. The average molecular weight is 278 g/mol. The van der Waals surface area contributed by atoms with Crippen molar-refractivity contribution in [3.63, 3.8) is 0 Å². The molecule has 2 N–H and O–H groups in total. The van der Waals surface area contributed by atoms with Crippen LogP contribution in [0.25, 0.3) is 0 Å². The van der Waals surface area contributed by atoms with Gasteiger partial charge in [0.25, 0.3) is 0 Å². The lowest BCUT2D eigenvalue weighted by atomic mass is 9.98. The second kappa shape index (κ2) is 7.21. The normalized spacial score (nSPS) is 13.8. The van der Waals surface area contributed by atoms with Gasteiger partial charge in [-0.05, 0) is 53.8 Å². The fraction of sp³-hybridized carbons (Fsp3) is 0.647. The number of nitrogens with one attached hydrogen (secondary N) is 1. The summed E-state index contributed by atoms with van der Waals surface area (Å²) in [4.78, 5) is 2.22. The maximum absolute atomic E-state index is 9.42. The molecule has 0 amide bonds. The number of hydrogen-bond donors (Lipinski definition) is 2. The molecule has 3 heteroatoms. The maximum Gasteiger partial charge on any atom is 0.0609 e. The van der Waals surface area contributed by atoms with Gasteiger partial charge in [0, 0.05) is 18.1 Å². The first-order valence-corrected chi connectivity index (χ1v) is 7.37. The molecule has 0 bridgehead atoms. The summed E-state index contributed by atoms with van der Waals surface area (Å²) in [6.45, 7) is 9.55. The molecule has 1 aromatic rings. The number of nitrogens with zero attached hydrogens (tertiary/aromatic N) is 1. The van der Waals surface area contributed by atoms with Crippen molar-refractivity contribution in [1.29, 1.82) is 0 Å². The zero-order chi connectivity index (χ0) is 15.3. The number of aliphatic hydroxyl groups excluding tert-OH is 1. The lowest BCUT2D eigenvalue weighted by molar-refractivity contribution is 0.0760. The number of likely N-dealkylation sites (N-methyl/N-ethyl adjacent to an activating group) is 1. The second-order valence-electron chi connectivity index (χ2n) is 6.44. The van der Waals surface area contributed by atoms with Crippen LogP contribution < -0.4 is 5.32 Å². The van der Waals surface area contributed by atoms with Gasteiger partial charge in [0.05, 0.1) is 6.61 Å². The SMILES string of the molecule is CNC(CCN(C)C(C)(C)CO)c1cc(C)cc(C)c1. The Morgan fingerprint density at radius 1 is 1.20 bits per heavy atom. The molecular formula is C17H30N2O. The number of benzene rings is 1. The molecule has 1 aromatic carbocycles. The van der Waals surface area contributed by atoms with Crippen molar-refractivity contribution >= 4 is 0 Å². The van der Waals surface area contributed by atoms with E-state index in [4.69, 9.17) is 0 Å². The highest BCUT2D eigenvalue weighted by Gasteiger charge is 2.23. The van der Waals surface area contributed by atoms with Crippen LogP contribution in [-0.4, -0.2) is 42.8 Å². The van der Waals surface area contributed by atoms with E-state index in [1.54, 1.807) is 0 Å².